The van der Waals surface area contributed by atoms with Gasteiger partial charge in [0.05, 0.1) is 12.6 Å². The van der Waals surface area contributed by atoms with Crippen LogP contribution in [-0.2, 0) is 4.79 Å². The molecule has 0 radical (unpaired) electrons. The van der Waals surface area contributed by atoms with E-state index in [9.17, 15) is 9.18 Å². The summed E-state index contributed by atoms with van der Waals surface area (Å²) in [5.74, 6) is -0.143. The van der Waals surface area contributed by atoms with Crippen LogP contribution in [0.2, 0.25) is 0 Å². The predicted molar refractivity (Wildman–Crippen MR) is 65.3 cm³/mol. The molecule has 3 aliphatic heterocycles. The van der Waals surface area contributed by atoms with Gasteiger partial charge in [0.15, 0.2) is 0 Å². The molecule has 0 spiro atoms. The molecule has 0 aromatic rings. The van der Waals surface area contributed by atoms with Gasteiger partial charge < -0.3 is 16.0 Å². The highest BCUT2D eigenvalue weighted by Gasteiger charge is 2.41. The van der Waals surface area contributed by atoms with E-state index in [1.807, 2.05) is 9.80 Å². The standard InChI is InChI=1S/C12H19FN4O/c13-9-4-15-5-10(14)12(9)16-6-8-2-1-3-17(8)11(18)7-16/h4,8,10,12,15H,1-3,5-7,14H2. The second-order valence-electron chi connectivity index (χ2n) is 5.36. The molecule has 6 heteroatoms. The average Bonchev–Trinajstić information content (AvgIpc) is 2.77. The van der Waals surface area contributed by atoms with Crippen molar-refractivity contribution in [1.82, 2.24) is 15.1 Å². The Morgan fingerprint density at radius 2 is 2.33 bits per heavy atom. The lowest BCUT2D eigenvalue weighted by Crippen LogP contribution is -2.62. The van der Waals surface area contributed by atoms with Crippen LogP contribution in [0.1, 0.15) is 12.8 Å². The molecule has 3 aliphatic rings. The lowest BCUT2D eigenvalue weighted by atomic mass is 10.0. The van der Waals surface area contributed by atoms with E-state index in [4.69, 9.17) is 5.73 Å². The maximum atomic E-state index is 13.9. The molecule has 3 atom stereocenters. The molecule has 0 bridgehead atoms. The zero-order valence-electron chi connectivity index (χ0n) is 10.3. The lowest BCUT2D eigenvalue weighted by Gasteiger charge is -2.43. The summed E-state index contributed by atoms with van der Waals surface area (Å²) in [7, 11) is 0. The number of halogens is 1. The molecule has 3 N–H and O–H groups in total. The second-order valence-corrected chi connectivity index (χ2v) is 5.36. The number of hydrogen-bond donors (Lipinski definition) is 2. The highest BCUT2D eigenvalue weighted by atomic mass is 19.1. The van der Waals surface area contributed by atoms with Crippen molar-refractivity contribution < 1.29 is 9.18 Å². The van der Waals surface area contributed by atoms with Gasteiger partial charge in [-0.15, -0.1) is 0 Å². The molecule has 3 heterocycles. The number of carbonyl (C=O) groups excluding carboxylic acids is 1. The quantitative estimate of drug-likeness (QED) is 0.656. The summed E-state index contributed by atoms with van der Waals surface area (Å²) in [4.78, 5) is 15.9. The summed E-state index contributed by atoms with van der Waals surface area (Å²) in [6.07, 6.45) is 3.45. The number of piperazine rings is 1. The zero-order chi connectivity index (χ0) is 12.7. The molecular weight excluding hydrogens is 235 g/mol. The Labute approximate surface area is 106 Å². The SMILES string of the molecule is NC1CNC=C(F)C1N1CC(=O)N2CCCC2C1. The van der Waals surface area contributed by atoms with Gasteiger partial charge in [0.1, 0.15) is 5.83 Å². The second kappa shape index (κ2) is 4.51. The zero-order valence-corrected chi connectivity index (χ0v) is 10.3. The molecule has 0 aromatic heterocycles. The smallest absolute Gasteiger partial charge is 0.237 e. The fraction of sp³-hybridized carbons (Fsp3) is 0.750. The summed E-state index contributed by atoms with van der Waals surface area (Å²) in [6.45, 7) is 2.44. The minimum atomic E-state index is -0.446. The maximum absolute atomic E-state index is 13.9. The van der Waals surface area contributed by atoms with Crippen molar-refractivity contribution in [2.24, 2.45) is 5.73 Å². The highest BCUT2D eigenvalue weighted by molar-refractivity contribution is 5.79. The fourth-order valence-corrected chi connectivity index (χ4v) is 3.30. The van der Waals surface area contributed by atoms with Gasteiger partial charge in [0.25, 0.3) is 0 Å². The van der Waals surface area contributed by atoms with Crippen LogP contribution >= 0.6 is 0 Å². The van der Waals surface area contributed by atoms with Gasteiger partial charge >= 0.3 is 0 Å². The van der Waals surface area contributed by atoms with Gasteiger partial charge in [-0.3, -0.25) is 9.69 Å². The number of hydrogen-bond acceptors (Lipinski definition) is 4. The van der Waals surface area contributed by atoms with E-state index in [2.05, 4.69) is 5.32 Å². The number of rotatable bonds is 1. The van der Waals surface area contributed by atoms with Gasteiger partial charge in [-0.2, -0.15) is 0 Å². The normalized spacial score (nSPS) is 37.2. The number of nitrogens with two attached hydrogens (primary N) is 1. The third kappa shape index (κ3) is 1.89. The monoisotopic (exact) mass is 254 g/mol. The molecule has 0 aliphatic carbocycles. The first-order valence-corrected chi connectivity index (χ1v) is 6.55. The van der Waals surface area contributed by atoms with Crippen LogP contribution in [0, 0.1) is 0 Å². The van der Waals surface area contributed by atoms with Crippen molar-refractivity contribution in [2.75, 3.05) is 26.2 Å². The number of carbonyl (C=O) groups is 1. The van der Waals surface area contributed by atoms with Crippen molar-refractivity contribution in [2.45, 2.75) is 31.0 Å². The van der Waals surface area contributed by atoms with Crippen LogP contribution in [0.15, 0.2) is 12.0 Å². The van der Waals surface area contributed by atoms with Crippen molar-refractivity contribution in [1.29, 1.82) is 0 Å². The number of nitrogens with one attached hydrogen (secondary N) is 1. The molecular formula is C12H19FN4O. The summed E-state index contributed by atoms with van der Waals surface area (Å²) in [5, 5.41) is 2.83. The third-order valence-electron chi connectivity index (χ3n) is 4.16. The van der Waals surface area contributed by atoms with E-state index in [0.717, 1.165) is 25.9 Å². The fourth-order valence-electron chi connectivity index (χ4n) is 3.30. The maximum Gasteiger partial charge on any atom is 0.237 e. The first kappa shape index (κ1) is 11.9. The molecule has 0 saturated carbocycles. The molecule has 18 heavy (non-hydrogen) atoms. The van der Waals surface area contributed by atoms with Crippen molar-refractivity contribution in [3.8, 4) is 0 Å². The molecule has 0 aromatic carbocycles. The van der Waals surface area contributed by atoms with Crippen molar-refractivity contribution in [3.63, 3.8) is 0 Å². The molecule has 3 rings (SSSR count). The Hall–Kier alpha value is -1.14. The molecule has 2 saturated heterocycles. The van der Waals surface area contributed by atoms with Crippen LogP contribution < -0.4 is 11.1 Å². The first-order valence-electron chi connectivity index (χ1n) is 6.55. The van der Waals surface area contributed by atoms with Gasteiger partial charge in [0, 0.05) is 37.9 Å². The van der Waals surface area contributed by atoms with E-state index in [0.29, 0.717) is 6.54 Å². The minimum Gasteiger partial charge on any atom is -0.387 e. The average molecular weight is 254 g/mol. The van der Waals surface area contributed by atoms with Crippen LogP contribution in [0.4, 0.5) is 4.39 Å². The number of fused-ring (bicyclic) bond motifs is 1. The highest BCUT2D eigenvalue weighted by Crippen LogP contribution is 2.27. The summed E-state index contributed by atoms with van der Waals surface area (Å²) in [6, 6.07) is -0.491. The van der Waals surface area contributed by atoms with Gasteiger partial charge in [-0.25, -0.2) is 4.39 Å². The Morgan fingerprint density at radius 1 is 1.50 bits per heavy atom. The molecule has 5 nitrogen and oxygen atoms in total. The lowest BCUT2D eigenvalue weighted by molar-refractivity contribution is -0.138. The Morgan fingerprint density at radius 3 is 3.11 bits per heavy atom. The first-order chi connectivity index (χ1) is 8.66. The van der Waals surface area contributed by atoms with Gasteiger partial charge in [0.2, 0.25) is 5.91 Å². The number of amides is 1. The summed E-state index contributed by atoms with van der Waals surface area (Å²) < 4.78 is 13.9. The Kier molecular flexibility index (Phi) is 2.99. The molecule has 1 amide bonds. The van der Waals surface area contributed by atoms with Crippen molar-refractivity contribution in [3.05, 3.63) is 12.0 Å². The molecule has 3 unspecified atom stereocenters. The number of nitrogens with zero attached hydrogens (tertiary/aromatic N) is 2. The van der Waals surface area contributed by atoms with Crippen LogP contribution in [0.25, 0.3) is 0 Å². The van der Waals surface area contributed by atoms with Crippen LogP contribution in [0.5, 0.6) is 0 Å². The largest absolute Gasteiger partial charge is 0.387 e. The minimum absolute atomic E-state index is 0.113. The molecule has 2 fully saturated rings. The van der Waals surface area contributed by atoms with E-state index in [-0.39, 0.29) is 30.4 Å². The van der Waals surface area contributed by atoms with E-state index < -0.39 is 6.04 Å². The van der Waals surface area contributed by atoms with Crippen molar-refractivity contribution >= 4 is 5.91 Å². The Bertz CT molecular complexity index is 386. The van der Waals surface area contributed by atoms with Crippen LogP contribution in [-0.4, -0.2) is 60.0 Å². The summed E-state index contributed by atoms with van der Waals surface area (Å²) in [5.41, 5.74) is 5.97. The topological polar surface area (TPSA) is 61.6 Å². The van der Waals surface area contributed by atoms with Gasteiger partial charge in [-0.05, 0) is 12.8 Å². The third-order valence-corrected chi connectivity index (χ3v) is 4.16. The predicted octanol–water partition coefficient (Wildman–Crippen LogP) is -0.597. The van der Waals surface area contributed by atoms with E-state index in [1.54, 1.807) is 0 Å². The van der Waals surface area contributed by atoms with E-state index >= 15 is 0 Å². The Balaban J connectivity index is 1.78. The van der Waals surface area contributed by atoms with Gasteiger partial charge in [-0.1, -0.05) is 0 Å². The summed E-state index contributed by atoms with van der Waals surface area (Å²) >= 11 is 0. The van der Waals surface area contributed by atoms with E-state index in [1.165, 1.54) is 6.20 Å². The van der Waals surface area contributed by atoms with Crippen LogP contribution in [0.3, 0.4) is 0 Å². The molecule has 100 valence electrons.